The highest BCUT2D eigenvalue weighted by Crippen LogP contribution is 2.15. The first-order valence-electron chi connectivity index (χ1n) is 10.5. The molecule has 3 aromatic rings. The SMILES string of the molecule is O=C(NCc1ccnc(N2CCOCC2)c1)Nc1ccc(C(=O)Nc2ccccc2)cc1. The average Bonchev–Trinajstić information content (AvgIpc) is 2.84. The molecule has 0 bridgehead atoms. The fourth-order valence-corrected chi connectivity index (χ4v) is 3.32. The van der Waals surface area contributed by atoms with Gasteiger partial charge in [0, 0.05) is 42.8 Å². The Kier molecular flexibility index (Phi) is 6.94. The Morgan fingerprint density at radius 2 is 1.62 bits per heavy atom. The Hall–Kier alpha value is -3.91. The second-order valence-electron chi connectivity index (χ2n) is 7.33. The van der Waals surface area contributed by atoms with E-state index in [4.69, 9.17) is 4.74 Å². The number of anilines is 3. The second-order valence-corrected chi connectivity index (χ2v) is 7.33. The van der Waals surface area contributed by atoms with Gasteiger partial charge in [0.25, 0.3) is 5.91 Å². The van der Waals surface area contributed by atoms with Gasteiger partial charge in [-0.25, -0.2) is 9.78 Å². The topological polar surface area (TPSA) is 95.6 Å². The Labute approximate surface area is 186 Å². The van der Waals surface area contributed by atoms with Crippen molar-refractivity contribution in [3.8, 4) is 0 Å². The molecule has 1 aliphatic heterocycles. The second kappa shape index (κ2) is 10.4. The number of para-hydroxylation sites is 1. The fraction of sp³-hybridized carbons (Fsp3) is 0.208. The van der Waals surface area contributed by atoms with Crippen molar-refractivity contribution in [2.45, 2.75) is 6.54 Å². The van der Waals surface area contributed by atoms with Gasteiger partial charge in [0.05, 0.1) is 13.2 Å². The summed E-state index contributed by atoms with van der Waals surface area (Å²) in [6, 6.07) is 19.5. The summed E-state index contributed by atoms with van der Waals surface area (Å²) in [6.07, 6.45) is 1.75. The van der Waals surface area contributed by atoms with Crippen LogP contribution in [0.4, 0.5) is 22.0 Å². The summed E-state index contributed by atoms with van der Waals surface area (Å²) in [5.74, 6) is 0.679. The molecule has 164 valence electrons. The van der Waals surface area contributed by atoms with Crippen molar-refractivity contribution < 1.29 is 14.3 Å². The van der Waals surface area contributed by atoms with Gasteiger partial charge in [-0.1, -0.05) is 18.2 Å². The van der Waals surface area contributed by atoms with Crippen LogP contribution in [0.15, 0.2) is 72.9 Å². The van der Waals surface area contributed by atoms with E-state index in [-0.39, 0.29) is 11.9 Å². The summed E-state index contributed by atoms with van der Waals surface area (Å²) in [7, 11) is 0. The standard InChI is InChI=1S/C24H25N5O3/c30-23(27-20-4-2-1-3-5-20)19-6-8-21(9-7-19)28-24(31)26-17-18-10-11-25-22(16-18)29-12-14-32-15-13-29/h1-11,16H,12-15,17H2,(H,27,30)(H2,26,28,31). The number of urea groups is 1. The van der Waals surface area contributed by atoms with Gasteiger partial charge >= 0.3 is 6.03 Å². The lowest BCUT2D eigenvalue weighted by Gasteiger charge is -2.28. The van der Waals surface area contributed by atoms with Gasteiger partial charge in [0.2, 0.25) is 0 Å². The molecule has 3 N–H and O–H groups in total. The molecule has 32 heavy (non-hydrogen) atoms. The number of benzene rings is 2. The molecule has 0 atom stereocenters. The van der Waals surface area contributed by atoms with Crippen LogP contribution in [0.1, 0.15) is 15.9 Å². The van der Waals surface area contributed by atoms with Crippen LogP contribution in [0.5, 0.6) is 0 Å². The van der Waals surface area contributed by atoms with E-state index in [9.17, 15) is 9.59 Å². The van der Waals surface area contributed by atoms with Crippen LogP contribution in [-0.4, -0.2) is 43.2 Å². The third-order valence-corrected chi connectivity index (χ3v) is 5.03. The first kappa shape index (κ1) is 21.3. The van der Waals surface area contributed by atoms with Crippen LogP contribution >= 0.6 is 0 Å². The summed E-state index contributed by atoms with van der Waals surface area (Å²) in [6.45, 7) is 3.38. The molecular weight excluding hydrogens is 406 g/mol. The summed E-state index contributed by atoms with van der Waals surface area (Å²) in [5.41, 5.74) is 2.80. The van der Waals surface area contributed by atoms with Crippen molar-refractivity contribution in [1.29, 1.82) is 0 Å². The normalized spacial score (nSPS) is 13.3. The third kappa shape index (κ3) is 5.83. The van der Waals surface area contributed by atoms with Gasteiger partial charge in [-0.2, -0.15) is 0 Å². The molecule has 4 rings (SSSR count). The quantitative estimate of drug-likeness (QED) is 0.555. The number of nitrogens with one attached hydrogen (secondary N) is 3. The maximum absolute atomic E-state index is 12.3. The zero-order valence-electron chi connectivity index (χ0n) is 17.6. The van der Waals surface area contributed by atoms with E-state index in [1.54, 1.807) is 30.5 Å². The zero-order valence-corrected chi connectivity index (χ0v) is 17.6. The molecule has 1 saturated heterocycles. The lowest BCUT2D eigenvalue weighted by Crippen LogP contribution is -2.36. The van der Waals surface area contributed by atoms with Crippen molar-refractivity contribution in [2.75, 3.05) is 41.8 Å². The highest BCUT2D eigenvalue weighted by molar-refractivity contribution is 6.04. The number of amides is 3. The number of rotatable bonds is 6. The van der Waals surface area contributed by atoms with Gasteiger partial charge in [0.1, 0.15) is 5.82 Å². The van der Waals surface area contributed by atoms with Crippen molar-refractivity contribution in [3.05, 3.63) is 84.1 Å². The fourth-order valence-electron chi connectivity index (χ4n) is 3.32. The maximum Gasteiger partial charge on any atom is 0.319 e. The van der Waals surface area contributed by atoms with Gasteiger partial charge in [-0.3, -0.25) is 4.79 Å². The lowest BCUT2D eigenvalue weighted by atomic mass is 10.2. The molecule has 0 saturated carbocycles. The molecule has 2 aromatic carbocycles. The predicted molar refractivity (Wildman–Crippen MR) is 124 cm³/mol. The molecule has 2 heterocycles. The Balaban J connectivity index is 1.27. The predicted octanol–water partition coefficient (Wildman–Crippen LogP) is 3.49. The van der Waals surface area contributed by atoms with Crippen molar-refractivity contribution in [3.63, 3.8) is 0 Å². The minimum Gasteiger partial charge on any atom is -0.378 e. The van der Waals surface area contributed by atoms with Gasteiger partial charge in [-0.05, 0) is 54.1 Å². The Morgan fingerprint density at radius 1 is 0.906 bits per heavy atom. The minimum atomic E-state index is -0.323. The van der Waals surface area contributed by atoms with E-state index in [0.29, 0.717) is 31.0 Å². The van der Waals surface area contributed by atoms with E-state index in [0.717, 1.165) is 30.2 Å². The number of carbonyl (C=O) groups is 2. The van der Waals surface area contributed by atoms with E-state index in [2.05, 4.69) is 25.8 Å². The number of hydrogen-bond donors (Lipinski definition) is 3. The first-order chi connectivity index (χ1) is 15.7. The Morgan fingerprint density at radius 3 is 2.38 bits per heavy atom. The molecule has 1 aromatic heterocycles. The number of aromatic nitrogens is 1. The van der Waals surface area contributed by atoms with Crippen LogP contribution in [0.3, 0.4) is 0 Å². The molecule has 8 nitrogen and oxygen atoms in total. The molecule has 0 unspecified atom stereocenters. The molecule has 0 radical (unpaired) electrons. The van der Waals surface area contributed by atoms with Crippen molar-refractivity contribution >= 4 is 29.1 Å². The summed E-state index contributed by atoms with van der Waals surface area (Å²) in [4.78, 5) is 31.2. The van der Waals surface area contributed by atoms with Crippen LogP contribution in [0, 0.1) is 0 Å². The van der Waals surface area contributed by atoms with Crippen LogP contribution in [-0.2, 0) is 11.3 Å². The number of nitrogens with zero attached hydrogens (tertiary/aromatic N) is 2. The molecule has 0 aliphatic carbocycles. The molecule has 8 heteroatoms. The van der Waals surface area contributed by atoms with Gasteiger partial charge < -0.3 is 25.6 Å². The first-order valence-corrected chi connectivity index (χ1v) is 10.5. The largest absolute Gasteiger partial charge is 0.378 e. The summed E-state index contributed by atoms with van der Waals surface area (Å²) in [5, 5.41) is 8.46. The van der Waals surface area contributed by atoms with E-state index in [1.165, 1.54) is 0 Å². The number of hydrogen-bond acceptors (Lipinski definition) is 5. The molecule has 3 amide bonds. The lowest BCUT2D eigenvalue weighted by molar-refractivity contribution is 0.102. The van der Waals surface area contributed by atoms with Crippen LogP contribution in [0.2, 0.25) is 0 Å². The molecular formula is C24H25N5O3. The number of carbonyl (C=O) groups excluding carboxylic acids is 2. The average molecular weight is 431 g/mol. The molecule has 1 aliphatic rings. The number of ether oxygens (including phenoxy) is 1. The van der Waals surface area contributed by atoms with Crippen molar-refractivity contribution in [1.82, 2.24) is 10.3 Å². The minimum absolute atomic E-state index is 0.207. The van der Waals surface area contributed by atoms with Crippen LogP contribution in [0.25, 0.3) is 0 Å². The molecule has 1 fully saturated rings. The van der Waals surface area contributed by atoms with Gasteiger partial charge in [0.15, 0.2) is 0 Å². The van der Waals surface area contributed by atoms with Crippen molar-refractivity contribution in [2.24, 2.45) is 0 Å². The van der Waals surface area contributed by atoms with Crippen LogP contribution < -0.4 is 20.9 Å². The van der Waals surface area contributed by atoms with Gasteiger partial charge in [-0.15, -0.1) is 0 Å². The van der Waals surface area contributed by atoms with E-state index >= 15 is 0 Å². The Bertz CT molecular complexity index is 1050. The zero-order chi connectivity index (χ0) is 22.2. The summed E-state index contributed by atoms with van der Waals surface area (Å²) >= 11 is 0. The third-order valence-electron chi connectivity index (χ3n) is 5.03. The maximum atomic E-state index is 12.3. The molecule has 0 spiro atoms. The monoisotopic (exact) mass is 431 g/mol. The number of morpholine rings is 1. The highest BCUT2D eigenvalue weighted by Gasteiger charge is 2.13. The smallest absolute Gasteiger partial charge is 0.319 e. The van der Waals surface area contributed by atoms with E-state index < -0.39 is 0 Å². The highest BCUT2D eigenvalue weighted by atomic mass is 16.5. The summed E-state index contributed by atoms with van der Waals surface area (Å²) < 4.78 is 5.38. The number of pyridine rings is 1. The van der Waals surface area contributed by atoms with E-state index in [1.807, 2.05) is 42.5 Å².